The highest BCUT2D eigenvalue weighted by Gasteiger charge is 2.63. The highest BCUT2D eigenvalue weighted by molar-refractivity contribution is 6.24. The number of aliphatic hydroxyl groups is 3. The van der Waals surface area contributed by atoms with Crippen LogP contribution in [0.1, 0.15) is 27.9 Å². The molecule has 43 heavy (non-hydrogen) atoms. The molecule has 0 aromatic heterocycles. The molecule has 0 fully saturated rings. The molecule has 0 spiro atoms. The normalized spacial score (nSPS) is 25.5. The number of amides is 1. The lowest BCUT2D eigenvalue weighted by molar-refractivity contribution is -0.148. The monoisotopic (exact) mass is 601 g/mol. The summed E-state index contributed by atoms with van der Waals surface area (Å²) >= 11 is 0. The van der Waals surface area contributed by atoms with Gasteiger partial charge in [-0.15, -0.1) is 0 Å². The summed E-state index contributed by atoms with van der Waals surface area (Å²) in [4.78, 5) is 40.8. The molecular formula is C30H30F3N3O7. The van der Waals surface area contributed by atoms with Crippen LogP contribution in [0.5, 0.6) is 5.75 Å². The summed E-state index contributed by atoms with van der Waals surface area (Å²) in [6.45, 7) is -1.16. The molecule has 0 heterocycles. The molecule has 2 aromatic rings. The molecule has 10 nitrogen and oxygen atoms in total. The van der Waals surface area contributed by atoms with Crippen molar-refractivity contribution in [1.82, 2.24) is 10.2 Å². The number of hydrogen-bond donors (Lipinski definition) is 6. The van der Waals surface area contributed by atoms with E-state index in [2.05, 4.69) is 5.32 Å². The van der Waals surface area contributed by atoms with Crippen molar-refractivity contribution in [3.63, 3.8) is 0 Å². The van der Waals surface area contributed by atoms with Crippen LogP contribution in [0.4, 0.5) is 13.2 Å². The summed E-state index contributed by atoms with van der Waals surface area (Å²) in [5.41, 5.74) is 3.58. The molecule has 5 rings (SSSR count). The second-order valence-electron chi connectivity index (χ2n) is 11.4. The van der Waals surface area contributed by atoms with Gasteiger partial charge in [0.15, 0.2) is 11.4 Å². The summed E-state index contributed by atoms with van der Waals surface area (Å²) in [5, 5.41) is 47.0. The Labute approximate surface area is 243 Å². The maximum Gasteiger partial charge on any atom is 0.401 e. The van der Waals surface area contributed by atoms with Crippen LogP contribution in [-0.4, -0.2) is 81.3 Å². The predicted octanol–water partition coefficient (Wildman–Crippen LogP) is 2.44. The van der Waals surface area contributed by atoms with E-state index in [0.717, 1.165) is 0 Å². The number of Topliss-reactive ketones (excluding diaryl/α,β-unsaturated/α-hetero) is 2. The summed E-state index contributed by atoms with van der Waals surface area (Å²) in [6.07, 6.45) is -4.29. The van der Waals surface area contributed by atoms with E-state index < -0.39 is 70.8 Å². The Morgan fingerprint density at radius 2 is 1.74 bits per heavy atom. The van der Waals surface area contributed by atoms with Crippen molar-refractivity contribution in [2.75, 3.05) is 20.6 Å². The summed E-state index contributed by atoms with van der Waals surface area (Å²) < 4.78 is 37.4. The number of carbonyl (C=O) groups is 3. The number of rotatable bonds is 6. The van der Waals surface area contributed by atoms with Gasteiger partial charge in [-0.05, 0) is 61.2 Å². The largest absolute Gasteiger partial charge is 0.510 e. The number of likely N-dealkylation sites (N-methyl/N-ethyl adjacent to an activating group) is 1. The molecule has 0 bridgehead atoms. The smallest absolute Gasteiger partial charge is 0.401 e. The van der Waals surface area contributed by atoms with E-state index in [1.165, 1.54) is 11.0 Å². The van der Waals surface area contributed by atoms with Crippen LogP contribution in [0.15, 0.2) is 59.1 Å². The fourth-order valence-electron chi connectivity index (χ4n) is 6.67. The average Bonchev–Trinajstić information content (AvgIpc) is 2.90. The molecule has 0 saturated heterocycles. The van der Waals surface area contributed by atoms with Gasteiger partial charge in [-0.1, -0.05) is 30.3 Å². The highest BCUT2D eigenvalue weighted by Crippen LogP contribution is 2.53. The van der Waals surface area contributed by atoms with Crippen LogP contribution < -0.4 is 11.1 Å². The molecular weight excluding hydrogens is 571 g/mol. The molecule has 4 atom stereocenters. The minimum Gasteiger partial charge on any atom is -0.510 e. The number of ketones is 2. The van der Waals surface area contributed by atoms with Gasteiger partial charge in [-0.25, -0.2) is 0 Å². The Morgan fingerprint density at radius 1 is 1.09 bits per heavy atom. The van der Waals surface area contributed by atoms with Crippen LogP contribution in [0, 0.1) is 11.8 Å². The number of alkyl halides is 3. The molecule has 3 aliphatic rings. The molecule has 0 radical (unpaired) electrons. The fourth-order valence-corrected chi connectivity index (χ4v) is 6.67. The Bertz CT molecular complexity index is 1600. The number of hydrogen-bond acceptors (Lipinski definition) is 9. The molecule has 3 aliphatic carbocycles. The van der Waals surface area contributed by atoms with Gasteiger partial charge in [0.1, 0.15) is 22.8 Å². The van der Waals surface area contributed by atoms with Gasteiger partial charge in [0, 0.05) is 18.0 Å². The molecule has 13 heteroatoms. The lowest BCUT2D eigenvalue weighted by Crippen LogP contribution is -2.63. The first-order valence-corrected chi connectivity index (χ1v) is 13.4. The van der Waals surface area contributed by atoms with Crippen LogP contribution in [-0.2, 0) is 22.6 Å². The number of phenols is 1. The zero-order valence-corrected chi connectivity index (χ0v) is 23.2. The molecule has 7 N–H and O–H groups in total. The summed E-state index contributed by atoms with van der Waals surface area (Å²) in [7, 11) is 3.09. The van der Waals surface area contributed by atoms with Crippen molar-refractivity contribution in [3.8, 4) is 16.9 Å². The second kappa shape index (κ2) is 10.5. The van der Waals surface area contributed by atoms with Gasteiger partial charge in [0.25, 0.3) is 5.91 Å². The number of aliphatic hydroxyl groups excluding tert-OH is 2. The number of halogens is 3. The summed E-state index contributed by atoms with van der Waals surface area (Å²) in [5.74, 6) is -7.30. The lowest BCUT2D eigenvalue weighted by Gasteiger charge is -2.50. The first kappa shape index (κ1) is 30.3. The van der Waals surface area contributed by atoms with E-state index in [4.69, 9.17) is 5.73 Å². The quantitative estimate of drug-likeness (QED) is 0.272. The van der Waals surface area contributed by atoms with Gasteiger partial charge < -0.3 is 31.5 Å². The lowest BCUT2D eigenvalue weighted by atomic mass is 9.58. The van der Waals surface area contributed by atoms with Gasteiger partial charge >= 0.3 is 6.18 Å². The van der Waals surface area contributed by atoms with Crippen LogP contribution in [0.2, 0.25) is 0 Å². The van der Waals surface area contributed by atoms with E-state index in [0.29, 0.717) is 22.3 Å². The number of phenolic OH excluding ortho intramolecular Hbond substituents is 1. The summed E-state index contributed by atoms with van der Waals surface area (Å²) in [6, 6.07) is 8.44. The number of nitrogens with one attached hydrogen (secondary N) is 1. The number of allylic oxidation sites excluding steroid dienone is 1. The standard InChI is InChI=1S/C30H30F3N3O7/c1-36(2)23-18-10-15-9-17-16(14-5-3-13(4-6-14)11-35-12-29(31,32)33)7-8-19(37)21(17)24(38)20(15)26(40)30(18,43)27(41)22(25(23)39)28(34)42/h3-8,15,18,23,35,37,39-40,43H,9-12H2,1-2H3,(H2,34,42)/t15-,18-,23-,30-/m0/s1. The zero-order valence-electron chi connectivity index (χ0n) is 23.2. The third-order valence-corrected chi connectivity index (χ3v) is 8.53. The maximum atomic E-state index is 13.9. The highest BCUT2D eigenvalue weighted by atomic mass is 19.4. The van der Waals surface area contributed by atoms with E-state index in [-0.39, 0.29) is 36.3 Å². The third-order valence-electron chi connectivity index (χ3n) is 8.53. The van der Waals surface area contributed by atoms with Crippen molar-refractivity contribution in [3.05, 3.63) is 75.8 Å². The Kier molecular flexibility index (Phi) is 7.39. The van der Waals surface area contributed by atoms with Gasteiger partial charge in [-0.2, -0.15) is 13.2 Å². The molecule has 0 aliphatic heterocycles. The SMILES string of the molecule is CN(C)[C@@H]1C(O)=C(C(N)=O)C(=O)[C@@]2(O)C(O)=C3C(=O)c4c(O)ccc(-c5ccc(CNCC(F)(F)F)cc5)c4C[C@H]3C[C@@H]12. The number of fused-ring (bicyclic) bond motifs is 3. The minimum absolute atomic E-state index is 0.0176. The van der Waals surface area contributed by atoms with E-state index in [9.17, 15) is 48.0 Å². The Balaban J connectivity index is 1.57. The Hall–Kier alpha value is -4.20. The van der Waals surface area contributed by atoms with Gasteiger partial charge in [-0.3, -0.25) is 19.3 Å². The molecule has 0 unspecified atom stereocenters. The van der Waals surface area contributed by atoms with Crippen LogP contribution in [0.25, 0.3) is 11.1 Å². The van der Waals surface area contributed by atoms with Crippen molar-refractivity contribution >= 4 is 17.5 Å². The topological polar surface area (TPSA) is 173 Å². The number of primary amides is 1. The predicted molar refractivity (Wildman–Crippen MR) is 147 cm³/mol. The van der Waals surface area contributed by atoms with Crippen LogP contribution >= 0.6 is 0 Å². The van der Waals surface area contributed by atoms with Crippen molar-refractivity contribution in [2.24, 2.45) is 17.6 Å². The van der Waals surface area contributed by atoms with E-state index in [1.54, 1.807) is 44.4 Å². The molecule has 1 amide bonds. The number of nitrogens with zero attached hydrogens (tertiary/aromatic N) is 1. The van der Waals surface area contributed by atoms with Crippen molar-refractivity contribution in [1.29, 1.82) is 0 Å². The maximum absolute atomic E-state index is 13.9. The van der Waals surface area contributed by atoms with E-state index >= 15 is 0 Å². The van der Waals surface area contributed by atoms with Crippen molar-refractivity contribution in [2.45, 2.75) is 37.2 Å². The number of nitrogens with two attached hydrogens (primary N) is 1. The average molecular weight is 602 g/mol. The number of aromatic hydroxyl groups is 1. The van der Waals surface area contributed by atoms with Gasteiger partial charge in [0.2, 0.25) is 5.78 Å². The van der Waals surface area contributed by atoms with Gasteiger partial charge in [0.05, 0.1) is 18.2 Å². The first-order valence-electron chi connectivity index (χ1n) is 13.4. The minimum atomic E-state index is -4.34. The first-order chi connectivity index (χ1) is 20.1. The zero-order chi connectivity index (χ0) is 31.6. The van der Waals surface area contributed by atoms with Crippen LogP contribution in [0.3, 0.4) is 0 Å². The molecule has 228 valence electrons. The number of benzene rings is 2. The second-order valence-corrected chi connectivity index (χ2v) is 11.4. The van der Waals surface area contributed by atoms with Crippen molar-refractivity contribution < 1.29 is 48.0 Å². The molecule has 2 aromatic carbocycles. The Morgan fingerprint density at radius 3 is 2.33 bits per heavy atom. The number of carbonyl (C=O) groups excluding carboxylic acids is 3. The molecule has 0 saturated carbocycles. The fraction of sp³-hybridized carbons (Fsp3) is 0.367. The van der Waals surface area contributed by atoms with E-state index in [1.807, 2.05) is 0 Å². The third kappa shape index (κ3) is 4.86.